The Morgan fingerprint density at radius 1 is 1.15 bits per heavy atom. The second-order valence-electron chi connectivity index (χ2n) is 6.31. The minimum atomic E-state index is -0.651. The lowest BCUT2D eigenvalue weighted by Crippen LogP contribution is -2.52. The summed E-state index contributed by atoms with van der Waals surface area (Å²) in [5.74, 6) is 0.429. The number of hydrogen-bond donors (Lipinski definition) is 1. The molecule has 4 rings (SSSR count). The van der Waals surface area contributed by atoms with Gasteiger partial charge in [0.2, 0.25) is 17.7 Å². The summed E-state index contributed by atoms with van der Waals surface area (Å²) in [6.45, 7) is 2.58. The van der Waals surface area contributed by atoms with Gasteiger partial charge in [-0.2, -0.15) is 0 Å². The summed E-state index contributed by atoms with van der Waals surface area (Å²) in [5.41, 5.74) is 1.92. The van der Waals surface area contributed by atoms with E-state index in [0.29, 0.717) is 36.0 Å². The predicted molar refractivity (Wildman–Crippen MR) is 97.7 cm³/mol. The van der Waals surface area contributed by atoms with Gasteiger partial charge in [-0.05, 0) is 23.8 Å². The molecule has 1 aliphatic rings. The van der Waals surface area contributed by atoms with Crippen LogP contribution in [-0.2, 0) is 4.79 Å². The Morgan fingerprint density at radius 2 is 1.96 bits per heavy atom. The van der Waals surface area contributed by atoms with Gasteiger partial charge in [-0.15, -0.1) is 10.2 Å². The first-order chi connectivity index (χ1) is 13.1. The number of carbonyl (C=O) groups is 2. The van der Waals surface area contributed by atoms with Crippen molar-refractivity contribution in [3.05, 3.63) is 71.6 Å². The molecular weight excluding hydrogens is 344 g/mol. The van der Waals surface area contributed by atoms with Crippen molar-refractivity contribution in [1.82, 2.24) is 20.4 Å². The van der Waals surface area contributed by atoms with Crippen LogP contribution < -0.4 is 5.32 Å². The topological polar surface area (TPSA) is 88.3 Å². The molecule has 3 aromatic rings. The van der Waals surface area contributed by atoms with Crippen molar-refractivity contribution in [2.45, 2.75) is 13.0 Å². The fourth-order valence-corrected chi connectivity index (χ4v) is 3.22. The van der Waals surface area contributed by atoms with Gasteiger partial charge < -0.3 is 14.6 Å². The third-order valence-electron chi connectivity index (χ3n) is 4.47. The fraction of sp³-hybridized carbons (Fsp3) is 0.200. The predicted octanol–water partition coefficient (Wildman–Crippen LogP) is 2.36. The maximum Gasteiger partial charge on any atom is 0.254 e. The monoisotopic (exact) mass is 362 g/mol. The van der Waals surface area contributed by atoms with Gasteiger partial charge in [0.05, 0.1) is 0 Å². The molecule has 1 aliphatic heterocycles. The highest BCUT2D eigenvalue weighted by Crippen LogP contribution is 2.26. The summed E-state index contributed by atoms with van der Waals surface area (Å²) >= 11 is 0. The van der Waals surface area contributed by atoms with Crippen molar-refractivity contribution in [3.8, 4) is 11.5 Å². The molecular formula is C20H18N4O3. The number of aryl methyl sites for hydroxylation is 1. The van der Waals surface area contributed by atoms with Crippen LogP contribution in [0.3, 0.4) is 0 Å². The minimum absolute atomic E-state index is 0.176. The number of hydrogen-bond acceptors (Lipinski definition) is 5. The van der Waals surface area contributed by atoms with Crippen LogP contribution in [0.15, 0.2) is 59.0 Å². The van der Waals surface area contributed by atoms with Gasteiger partial charge in [-0.25, -0.2) is 0 Å². The molecule has 2 aromatic carbocycles. The molecule has 0 saturated carbocycles. The van der Waals surface area contributed by atoms with Gasteiger partial charge in [0.15, 0.2) is 0 Å². The first kappa shape index (κ1) is 17.0. The standard InChI is InChI=1S/C20H18N4O3/c1-13-22-23-19(27-13)15-8-5-9-16(12-15)20(26)24-11-10-21-18(25)17(24)14-6-3-2-4-7-14/h2-9,12,17H,10-11H2,1H3,(H,21,25)/t17-/m1/s1. The highest BCUT2D eigenvalue weighted by molar-refractivity contribution is 5.99. The lowest BCUT2D eigenvalue weighted by atomic mass is 10.0. The zero-order valence-corrected chi connectivity index (χ0v) is 14.8. The van der Waals surface area contributed by atoms with Gasteiger partial charge >= 0.3 is 0 Å². The molecule has 2 heterocycles. The Hall–Kier alpha value is -3.48. The van der Waals surface area contributed by atoms with Crippen LogP contribution in [0.5, 0.6) is 0 Å². The number of amides is 2. The van der Waals surface area contributed by atoms with Crippen molar-refractivity contribution in [1.29, 1.82) is 0 Å². The van der Waals surface area contributed by atoms with Crippen molar-refractivity contribution in [2.75, 3.05) is 13.1 Å². The normalized spacial score (nSPS) is 16.9. The molecule has 0 bridgehead atoms. The van der Waals surface area contributed by atoms with Crippen LogP contribution in [0.4, 0.5) is 0 Å². The summed E-state index contributed by atoms with van der Waals surface area (Å²) in [6, 6.07) is 15.7. The quantitative estimate of drug-likeness (QED) is 0.773. The molecule has 7 nitrogen and oxygen atoms in total. The second kappa shape index (κ2) is 7.03. The van der Waals surface area contributed by atoms with Crippen LogP contribution in [-0.4, -0.2) is 40.0 Å². The highest BCUT2D eigenvalue weighted by atomic mass is 16.4. The number of piperazine rings is 1. The number of benzene rings is 2. The number of rotatable bonds is 3. The molecule has 0 unspecified atom stereocenters. The maximum atomic E-state index is 13.2. The van der Waals surface area contributed by atoms with Crippen molar-refractivity contribution < 1.29 is 14.0 Å². The van der Waals surface area contributed by atoms with E-state index in [4.69, 9.17) is 4.42 Å². The molecule has 0 spiro atoms. The molecule has 0 radical (unpaired) electrons. The van der Waals surface area contributed by atoms with Gasteiger partial charge in [0.25, 0.3) is 5.91 Å². The third-order valence-corrected chi connectivity index (χ3v) is 4.47. The summed E-state index contributed by atoms with van der Waals surface area (Å²) in [7, 11) is 0. The van der Waals surface area contributed by atoms with Crippen molar-refractivity contribution in [2.24, 2.45) is 0 Å². The summed E-state index contributed by atoms with van der Waals surface area (Å²) in [4.78, 5) is 27.3. The SMILES string of the molecule is Cc1nnc(-c2cccc(C(=O)N3CCNC(=O)[C@H]3c3ccccc3)c2)o1. The Kier molecular flexibility index (Phi) is 4.42. The van der Waals surface area contributed by atoms with Crippen LogP contribution in [0.1, 0.15) is 27.9 Å². The molecule has 7 heteroatoms. The number of nitrogens with one attached hydrogen (secondary N) is 1. The molecule has 1 fully saturated rings. The summed E-state index contributed by atoms with van der Waals surface area (Å²) < 4.78 is 5.45. The number of nitrogens with zero attached hydrogens (tertiary/aromatic N) is 3. The van der Waals surface area contributed by atoms with Gasteiger partial charge in [0, 0.05) is 31.1 Å². The average molecular weight is 362 g/mol. The molecule has 136 valence electrons. The first-order valence-electron chi connectivity index (χ1n) is 8.67. The highest BCUT2D eigenvalue weighted by Gasteiger charge is 2.34. The molecule has 1 aromatic heterocycles. The van der Waals surface area contributed by atoms with E-state index in [-0.39, 0.29) is 11.8 Å². The van der Waals surface area contributed by atoms with E-state index in [0.717, 1.165) is 5.56 Å². The van der Waals surface area contributed by atoms with E-state index in [1.54, 1.807) is 36.1 Å². The number of aromatic nitrogens is 2. The molecule has 27 heavy (non-hydrogen) atoms. The smallest absolute Gasteiger partial charge is 0.254 e. The van der Waals surface area contributed by atoms with E-state index < -0.39 is 6.04 Å². The Morgan fingerprint density at radius 3 is 2.70 bits per heavy atom. The van der Waals surface area contributed by atoms with E-state index >= 15 is 0 Å². The van der Waals surface area contributed by atoms with E-state index in [1.165, 1.54) is 0 Å². The molecule has 1 saturated heterocycles. The van der Waals surface area contributed by atoms with Crippen LogP contribution in [0.25, 0.3) is 11.5 Å². The number of carbonyl (C=O) groups excluding carboxylic acids is 2. The Bertz CT molecular complexity index is 984. The van der Waals surface area contributed by atoms with E-state index in [1.807, 2.05) is 30.3 Å². The van der Waals surface area contributed by atoms with Gasteiger partial charge in [0.1, 0.15) is 6.04 Å². The largest absolute Gasteiger partial charge is 0.421 e. The third kappa shape index (κ3) is 3.31. The first-order valence-corrected chi connectivity index (χ1v) is 8.67. The lowest BCUT2D eigenvalue weighted by Gasteiger charge is -2.35. The minimum Gasteiger partial charge on any atom is -0.421 e. The maximum absolute atomic E-state index is 13.2. The molecule has 2 amide bonds. The zero-order valence-electron chi connectivity index (χ0n) is 14.8. The van der Waals surface area contributed by atoms with Crippen molar-refractivity contribution in [3.63, 3.8) is 0 Å². The summed E-state index contributed by atoms with van der Waals surface area (Å²) in [5, 5.41) is 10.7. The zero-order chi connectivity index (χ0) is 18.8. The second-order valence-corrected chi connectivity index (χ2v) is 6.31. The lowest BCUT2D eigenvalue weighted by molar-refractivity contribution is -0.128. The van der Waals surface area contributed by atoms with Crippen LogP contribution >= 0.6 is 0 Å². The van der Waals surface area contributed by atoms with Crippen molar-refractivity contribution >= 4 is 11.8 Å². The van der Waals surface area contributed by atoms with Gasteiger partial charge in [-0.3, -0.25) is 9.59 Å². The van der Waals surface area contributed by atoms with Crippen LogP contribution in [0, 0.1) is 6.92 Å². The van der Waals surface area contributed by atoms with E-state index in [2.05, 4.69) is 15.5 Å². The molecule has 0 aliphatic carbocycles. The van der Waals surface area contributed by atoms with Gasteiger partial charge in [-0.1, -0.05) is 36.4 Å². The molecule has 1 atom stereocenters. The van der Waals surface area contributed by atoms with E-state index in [9.17, 15) is 9.59 Å². The Balaban J connectivity index is 1.67. The average Bonchev–Trinajstić information content (AvgIpc) is 3.14. The Labute approximate surface area is 156 Å². The molecule has 1 N–H and O–H groups in total. The summed E-state index contributed by atoms with van der Waals surface area (Å²) in [6.07, 6.45) is 0. The fourth-order valence-electron chi connectivity index (χ4n) is 3.22. The van der Waals surface area contributed by atoms with Crippen LogP contribution in [0.2, 0.25) is 0 Å².